The predicted octanol–water partition coefficient (Wildman–Crippen LogP) is 1.40. The van der Waals surface area contributed by atoms with E-state index in [1.54, 1.807) is 0 Å². The van der Waals surface area contributed by atoms with Crippen molar-refractivity contribution in [2.24, 2.45) is 0 Å². The maximum Gasteiger partial charge on any atom is 0.327 e. The van der Waals surface area contributed by atoms with Gasteiger partial charge in [-0.25, -0.2) is 0 Å². The summed E-state index contributed by atoms with van der Waals surface area (Å²) in [6, 6.07) is 0.551. The number of nitrogens with zero attached hydrogens (tertiary/aromatic N) is 1. The van der Waals surface area contributed by atoms with Crippen LogP contribution in [0.1, 0.15) is 39.5 Å². The molecule has 4 nitrogen and oxygen atoms in total. The first-order valence-corrected chi connectivity index (χ1v) is 6.55. The summed E-state index contributed by atoms with van der Waals surface area (Å²) >= 11 is 0. The van der Waals surface area contributed by atoms with E-state index in [0.29, 0.717) is 6.04 Å². The molecule has 1 rings (SSSR count). The second-order valence-electron chi connectivity index (χ2n) is 5.24. The number of likely N-dealkylation sites (tertiary alicyclic amines) is 1. The summed E-state index contributed by atoms with van der Waals surface area (Å²) in [6.07, 6.45) is 5.05. The molecule has 17 heavy (non-hydrogen) atoms. The van der Waals surface area contributed by atoms with Crippen LogP contribution in [0.2, 0.25) is 0 Å². The molecule has 0 spiro atoms. The fraction of sp³-hybridized carbons (Fsp3) is 0.923. The number of likely N-dealkylation sites (N-methyl/N-ethyl adjacent to an activating group) is 1. The van der Waals surface area contributed by atoms with Crippen LogP contribution >= 0.6 is 0 Å². The molecule has 2 atom stereocenters. The zero-order valence-electron chi connectivity index (χ0n) is 11.6. The fourth-order valence-corrected chi connectivity index (χ4v) is 2.45. The molecule has 4 heteroatoms. The van der Waals surface area contributed by atoms with E-state index in [9.17, 15) is 4.79 Å². The van der Waals surface area contributed by atoms with Gasteiger partial charge in [-0.15, -0.1) is 0 Å². The highest BCUT2D eigenvalue weighted by Gasteiger charge is 2.36. The van der Waals surface area contributed by atoms with Crippen LogP contribution in [0.5, 0.6) is 0 Å². The van der Waals surface area contributed by atoms with Crippen LogP contribution in [0.25, 0.3) is 0 Å². The van der Waals surface area contributed by atoms with Gasteiger partial charge in [-0.2, -0.15) is 0 Å². The van der Waals surface area contributed by atoms with E-state index in [-0.39, 0.29) is 5.97 Å². The Morgan fingerprint density at radius 2 is 2.18 bits per heavy atom. The molecule has 0 amide bonds. The summed E-state index contributed by atoms with van der Waals surface area (Å²) in [5, 5.41) is 3.10. The smallest absolute Gasteiger partial charge is 0.327 e. The first-order chi connectivity index (χ1) is 8.03. The third-order valence-corrected chi connectivity index (χ3v) is 3.90. The zero-order valence-corrected chi connectivity index (χ0v) is 11.6. The minimum atomic E-state index is -0.604. The Kier molecular flexibility index (Phi) is 5.40. The standard InChI is InChI=1S/C13H26N2O2/c1-11-8-6-5-7-9-15(11)10-13(2,14-3)12(16)17-4/h11,14H,5-10H2,1-4H3. The van der Waals surface area contributed by atoms with Gasteiger partial charge in [0.1, 0.15) is 5.54 Å². The van der Waals surface area contributed by atoms with Gasteiger partial charge >= 0.3 is 5.97 Å². The Morgan fingerprint density at radius 3 is 2.76 bits per heavy atom. The van der Waals surface area contributed by atoms with Crippen molar-refractivity contribution >= 4 is 5.97 Å². The average molecular weight is 242 g/mol. The van der Waals surface area contributed by atoms with Gasteiger partial charge in [0.2, 0.25) is 0 Å². The summed E-state index contributed by atoms with van der Waals surface area (Å²) in [5.74, 6) is -0.184. The minimum absolute atomic E-state index is 0.184. The van der Waals surface area contributed by atoms with Gasteiger partial charge < -0.3 is 10.1 Å². The van der Waals surface area contributed by atoms with Gasteiger partial charge in [0, 0.05) is 12.6 Å². The molecular formula is C13H26N2O2. The molecule has 1 saturated heterocycles. The summed E-state index contributed by atoms with van der Waals surface area (Å²) < 4.78 is 4.89. The van der Waals surface area contributed by atoms with Crippen molar-refractivity contribution in [3.63, 3.8) is 0 Å². The molecule has 1 aliphatic rings. The minimum Gasteiger partial charge on any atom is -0.468 e. The Bertz CT molecular complexity index is 258. The van der Waals surface area contributed by atoms with Gasteiger partial charge in [-0.3, -0.25) is 9.69 Å². The van der Waals surface area contributed by atoms with Gasteiger partial charge in [-0.1, -0.05) is 12.8 Å². The van der Waals surface area contributed by atoms with Gasteiger partial charge in [-0.05, 0) is 40.3 Å². The lowest BCUT2D eigenvalue weighted by Crippen LogP contribution is -2.57. The van der Waals surface area contributed by atoms with E-state index in [2.05, 4.69) is 17.1 Å². The number of methoxy groups -OCH3 is 1. The quantitative estimate of drug-likeness (QED) is 0.757. The largest absolute Gasteiger partial charge is 0.468 e. The molecule has 1 heterocycles. The third-order valence-electron chi connectivity index (χ3n) is 3.90. The second kappa shape index (κ2) is 6.36. The number of hydrogen-bond donors (Lipinski definition) is 1. The average Bonchev–Trinajstić information content (AvgIpc) is 2.53. The number of hydrogen-bond acceptors (Lipinski definition) is 4. The topological polar surface area (TPSA) is 41.6 Å². The molecule has 1 aliphatic heterocycles. The van der Waals surface area contributed by atoms with E-state index < -0.39 is 5.54 Å². The summed E-state index contributed by atoms with van der Waals surface area (Å²) in [7, 11) is 3.27. The Balaban J connectivity index is 2.68. The number of rotatable bonds is 4. The number of carbonyl (C=O) groups excluding carboxylic acids is 1. The van der Waals surface area contributed by atoms with Crippen molar-refractivity contribution in [1.82, 2.24) is 10.2 Å². The van der Waals surface area contributed by atoms with Crippen molar-refractivity contribution in [2.75, 3.05) is 27.2 Å². The van der Waals surface area contributed by atoms with Crippen LogP contribution in [-0.2, 0) is 9.53 Å². The number of esters is 1. The van der Waals surface area contributed by atoms with E-state index in [0.717, 1.165) is 13.1 Å². The van der Waals surface area contributed by atoms with Gasteiger partial charge in [0.05, 0.1) is 7.11 Å². The molecule has 0 saturated carbocycles. The highest BCUT2D eigenvalue weighted by atomic mass is 16.5. The van der Waals surface area contributed by atoms with Crippen LogP contribution in [0.3, 0.4) is 0 Å². The van der Waals surface area contributed by atoms with Crippen LogP contribution in [0.15, 0.2) is 0 Å². The van der Waals surface area contributed by atoms with Crippen LogP contribution in [0.4, 0.5) is 0 Å². The predicted molar refractivity (Wildman–Crippen MR) is 69.0 cm³/mol. The van der Waals surface area contributed by atoms with E-state index in [4.69, 9.17) is 4.74 Å². The lowest BCUT2D eigenvalue weighted by molar-refractivity contribution is -0.148. The molecule has 100 valence electrons. The maximum absolute atomic E-state index is 11.8. The van der Waals surface area contributed by atoms with Crippen molar-refractivity contribution in [1.29, 1.82) is 0 Å². The van der Waals surface area contributed by atoms with Crippen LogP contribution in [-0.4, -0.2) is 49.7 Å². The highest BCUT2D eigenvalue weighted by molar-refractivity contribution is 5.80. The molecular weight excluding hydrogens is 216 g/mol. The van der Waals surface area contributed by atoms with Crippen molar-refractivity contribution < 1.29 is 9.53 Å². The van der Waals surface area contributed by atoms with E-state index in [1.165, 1.54) is 32.8 Å². The second-order valence-corrected chi connectivity index (χ2v) is 5.24. The monoisotopic (exact) mass is 242 g/mol. The molecule has 0 aromatic rings. The molecule has 2 unspecified atom stereocenters. The van der Waals surface area contributed by atoms with Crippen LogP contribution < -0.4 is 5.32 Å². The molecule has 1 N–H and O–H groups in total. The van der Waals surface area contributed by atoms with Gasteiger partial charge in [0.25, 0.3) is 0 Å². The van der Waals surface area contributed by atoms with Crippen molar-refractivity contribution in [2.45, 2.75) is 51.1 Å². The molecule has 0 aromatic carbocycles. The molecule has 1 fully saturated rings. The molecule has 0 aromatic heterocycles. The van der Waals surface area contributed by atoms with Crippen molar-refractivity contribution in [3.8, 4) is 0 Å². The Morgan fingerprint density at radius 1 is 1.47 bits per heavy atom. The zero-order chi connectivity index (χ0) is 12.9. The fourth-order valence-electron chi connectivity index (χ4n) is 2.45. The first-order valence-electron chi connectivity index (χ1n) is 6.55. The summed E-state index contributed by atoms with van der Waals surface area (Å²) in [4.78, 5) is 14.2. The Hall–Kier alpha value is -0.610. The Labute approximate surface area is 105 Å². The normalized spacial score (nSPS) is 26.0. The third kappa shape index (κ3) is 3.68. The number of ether oxygens (including phenoxy) is 1. The number of nitrogens with one attached hydrogen (secondary N) is 1. The van der Waals surface area contributed by atoms with Crippen LogP contribution in [0, 0.1) is 0 Å². The lowest BCUT2D eigenvalue weighted by atomic mass is 10.0. The SMILES string of the molecule is CNC(C)(CN1CCCCCC1C)C(=O)OC. The summed E-state index contributed by atoms with van der Waals surface area (Å²) in [5.41, 5.74) is -0.604. The molecule has 0 aliphatic carbocycles. The van der Waals surface area contributed by atoms with Crippen molar-refractivity contribution in [3.05, 3.63) is 0 Å². The maximum atomic E-state index is 11.8. The highest BCUT2D eigenvalue weighted by Crippen LogP contribution is 2.19. The number of carbonyl (C=O) groups is 1. The van der Waals surface area contributed by atoms with Gasteiger partial charge in [0.15, 0.2) is 0 Å². The van der Waals surface area contributed by atoms with E-state index >= 15 is 0 Å². The first kappa shape index (κ1) is 14.5. The van der Waals surface area contributed by atoms with E-state index in [1.807, 2.05) is 14.0 Å². The summed E-state index contributed by atoms with van der Waals surface area (Å²) in [6.45, 7) is 5.96. The molecule has 0 radical (unpaired) electrons. The lowest BCUT2D eigenvalue weighted by Gasteiger charge is -2.35. The molecule has 0 bridgehead atoms.